The number of aliphatic hydroxyl groups excluding tert-OH is 1. The molecule has 0 aromatic carbocycles. The first-order valence-corrected chi connectivity index (χ1v) is 6.70. The number of fused-ring (bicyclic) bond motifs is 1. The van der Waals surface area contributed by atoms with Gasteiger partial charge in [-0.1, -0.05) is 26.8 Å². The van der Waals surface area contributed by atoms with Crippen LogP contribution in [0.4, 0.5) is 0 Å². The van der Waals surface area contributed by atoms with Crippen LogP contribution in [0.3, 0.4) is 0 Å². The summed E-state index contributed by atoms with van der Waals surface area (Å²) in [5.74, 6) is 0.0965. The molecule has 0 radical (unpaired) electrons. The third-order valence-electron chi connectivity index (χ3n) is 4.73. The first-order chi connectivity index (χ1) is 8.39. The second-order valence-corrected chi connectivity index (χ2v) is 6.70. The highest BCUT2D eigenvalue weighted by Gasteiger charge is 2.48. The predicted octanol–water partition coefficient (Wildman–Crippen LogP) is 1.99. The third-order valence-corrected chi connectivity index (χ3v) is 4.73. The monoisotopic (exact) mass is 250 g/mol. The molecule has 5 atom stereocenters. The van der Waals surface area contributed by atoms with Crippen molar-refractivity contribution in [1.82, 2.24) is 0 Å². The van der Waals surface area contributed by atoms with E-state index in [1.807, 2.05) is 6.08 Å². The van der Waals surface area contributed by atoms with Crippen LogP contribution in [0.25, 0.3) is 0 Å². The summed E-state index contributed by atoms with van der Waals surface area (Å²) in [5, 5.41) is 10.4. The first-order valence-electron chi connectivity index (χ1n) is 6.70. The summed E-state index contributed by atoms with van der Waals surface area (Å²) in [6.07, 6.45) is 4.60. The van der Waals surface area contributed by atoms with E-state index in [4.69, 9.17) is 0 Å². The molecule has 0 bridgehead atoms. The predicted molar refractivity (Wildman–Crippen MR) is 68.9 cm³/mol. The van der Waals surface area contributed by atoms with Crippen LogP contribution in [0.2, 0.25) is 0 Å². The molecule has 100 valence electrons. The van der Waals surface area contributed by atoms with Crippen molar-refractivity contribution >= 4 is 12.6 Å². The molecule has 0 aromatic rings. The van der Waals surface area contributed by atoms with Crippen molar-refractivity contribution in [1.29, 1.82) is 0 Å². The van der Waals surface area contributed by atoms with Crippen LogP contribution in [0.1, 0.15) is 33.6 Å². The summed E-state index contributed by atoms with van der Waals surface area (Å²) < 4.78 is 0. The average molecular weight is 250 g/mol. The molecule has 0 heterocycles. The molecule has 0 amide bonds. The van der Waals surface area contributed by atoms with Crippen molar-refractivity contribution in [2.45, 2.75) is 39.7 Å². The van der Waals surface area contributed by atoms with E-state index in [2.05, 4.69) is 20.8 Å². The van der Waals surface area contributed by atoms with Gasteiger partial charge in [0.25, 0.3) is 0 Å². The van der Waals surface area contributed by atoms with Crippen LogP contribution in [-0.4, -0.2) is 23.8 Å². The lowest BCUT2D eigenvalue weighted by atomic mass is 9.81. The van der Waals surface area contributed by atoms with Crippen LogP contribution in [0, 0.1) is 29.1 Å². The Kier molecular flexibility index (Phi) is 3.45. The van der Waals surface area contributed by atoms with E-state index in [1.54, 1.807) is 0 Å². The molecule has 0 spiro atoms. The number of hydrogen-bond acceptors (Lipinski definition) is 3. The molecule has 1 fully saturated rings. The van der Waals surface area contributed by atoms with E-state index in [0.717, 1.165) is 25.4 Å². The molecular formula is C15H22O3. The van der Waals surface area contributed by atoms with Crippen molar-refractivity contribution in [3.63, 3.8) is 0 Å². The highest BCUT2D eigenvalue weighted by atomic mass is 16.3. The Bertz CT molecular complexity index is 383. The highest BCUT2D eigenvalue weighted by molar-refractivity contribution is 5.81. The van der Waals surface area contributed by atoms with Crippen molar-refractivity contribution in [2.24, 2.45) is 29.1 Å². The van der Waals surface area contributed by atoms with Crippen LogP contribution in [0.5, 0.6) is 0 Å². The number of hydrogen-bond donors (Lipinski definition) is 1. The van der Waals surface area contributed by atoms with Crippen molar-refractivity contribution in [2.75, 3.05) is 0 Å². The number of aliphatic hydroxyl groups is 1. The smallest absolute Gasteiger partial charge is 0.146 e. The first kappa shape index (κ1) is 13.5. The van der Waals surface area contributed by atoms with Crippen LogP contribution in [-0.2, 0) is 9.59 Å². The highest BCUT2D eigenvalue weighted by Crippen LogP contribution is 2.52. The Hall–Kier alpha value is -0.960. The average Bonchev–Trinajstić information content (AvgIpc) is 2.60. The summed E-state index contributed by atoms with van der Waals surface area (Å²) in [4.78, 5) is 22.3. The second kappa shape index (κ2) is 4.61. The Morgan fingerprint density at radius 3 is 2.44 bits per heavy atom. The fourth-order valence-corrected chi connectivity index (χ4v) is 3.89. The van der Waals surface area contributed by atoms with E-state index >= 15 is 0 Å². The number of allylic oxidation sites excluding steroid dienone is 1. The zero-order valence-corrected chi connectivity index (χ0v) is 11.3. The lowest BCUT2D eigenvalue weighted by Crippen LogP contribution is -2.33. The van der Waals surface area contributed by atoms with Gasteiger partial charge in [0, 0.05) is 5.57 Å². The topological polar surface area (TPSA) is 54.4 Å². The van der Waals surface area contributed by atoms with Gasteiger partial charge < -0.3 is 9.90 Å². The SMILES string of the molecule is C[C@@H]1C=C(C=O)[C@H](C=O)[C@@H](O)[C@@H]2CC(C)(C)C[C@@H]21. The molecule has 0 aromatic heterocycles. The zero-order chi connectivity index (χ0) is 13.5. The number of carbonyl (C=O) groups is 2. The van der Waals surface area contributed by atoms with Gasteiger partial charge in [0.1, 0.15) is 12.6 Å². The number of aldehydes is 2. The van der Waals surface area contributed by atoms with Crippen LogP contribution < -0.4 is 0 Å². The number of rotatable bonds is 2. The van der Waals surface area contributed by atoms with Gasteiger partial charge in [-0.05, 0) is 36.0 Å². The minimum absolute atomic E-state index is 0.124. The Morgan fingerprint density at radius 1 is 1.28 bits per heavy atom. The quantitative estimate of drug-likeness (QED) is 0.762. The largest absolute Gasteiger partial charge is 0.392 e. The Balaban J connectivity index is 2.39. The Morgan fingerprint density at radius 2 is 1.89 bits per heavy atom. The van der Waals surface area contributed by atoms with Gasteiger partial charge in [-0.3, -0.25) is 4.79 Å². The van der Waals surface area contributed by atoms with Gasteiger partial charge in [0.05, 0.1) is 12.0 Å². The summed E-state index contributed by atoms with van der Waals surface area (Å²) >= 11 is 0. The third kappa shape index (κ3) is 2.16. The van der Waals surface area contributed by atoms with Crippen LogP contribution in [0.15, 0.2) is 11.6 Å². The van der Waals surface area contributed by atoms with Gasteiger partial charge in [0.15, 0.2) is 0 Å². The number of carbonyl (C=O) groups excluding carboxylic acids is 2. The van der Waals surface area contributed by atoms with E-state index in [1.165, 1.54) is 0 Å². The molecule has 18 heavy (non-hydrogen) atoms. The van der Waals surface area contributed by atoms with E-state index < -0.39 is 12.0 Å². The molecule has 1 N–H and O–H groups in total. The molecule has 3 heteroatoms. The molecule has 0 saturated heterocycles. The maximum absolute atomic E-state index is 11.2. The fraction of sp³-hybridized carbons (Fsp3) is 0.733. The van der Waals surface area contributed by atoms with Crippen molar-refractivity contribution in [3.8, 4) is 0 Å². The second-order valence-electron chi connectivity index (χ2n) is 6.70. The lowest BCUT2D eigenvalue weighted by molar-refractivity contribution is -0.116. The lowest BCUT2D eigenvalue weighted by Gasteiger charge is -2.27. The molecule has 0 aliphatic heterocycles. The summed E-state index contributed by atoms with van der Waals surface area (Å²) in [6.45, 7) is 6.51. The molecule has 0 unspecified atom stereocenters. The summed E-state index contributed by atoms with van der Waals surface area (Å²) in [6, 6.07) is 0. The minimum Gasteiger partial charge on any atom is -0.392 e. The standard InChI is InChI=1S/C15H22O3/c1-9-4-10(7-16)13(8-17)14(18)12-6-15(2,3)5-11(9)12/h4,7-9,11-14,18H,5-6H2,1-3H3/t9-,11-,12-,13+,14+/m1/s1. The molecule has 2 aliphatic rings. The molecule has 3 nitrogen and oxygen atoms in total. The zero-order valence-electron chi connectivity index (χ0n) is 11.3. The molecule has 2 rings (SSSR count). The van der Waals surface area contributed by atoms with Crippen LogP contribution >= 0.6 is 0 Å². The van der Waals surface area contributed by atoms with Crippen molar-refractivity contribution < 1.29 is 14.7 Å². The van der Waals surface area contributed by atoms with Gasteiger partial charge >= 0.3 is 0 Å². The van der Waals surface area contributed by atoms with E-state index in [0.29, 0.717) is 11.5 Å². The van der Waals surface area contributed by atoms with Crippen molar-refractivity contribution in [3.05, 3.63) is 11.6 Å². The van der Waals surface area contributed by atoms with Gasteiger partial charge in [-0.25, -0.2) is 0 Å². The van der Waals surface area contributed by atoms with E-state index in [9.17, 15) is 14.7 Å². The molecular weight excluding hydrogens is 228 g/mol. The normalized spacial score (nSPS) is 42.7. The van der Waals surface area contributed by atoms with E-state index in [-0.39, 0.29) is 17.3 Å². The molecule has 2 aliphatic carbocycles. The summed E-state index contributed by atoms with van der Waals surface area (Å²) in [5.41, 5.74) is 0.669. The summed E-state index contributed by atoms with van der Waals surface area (Å²) in [7, 11) is 0. The Labute approximate surface area is 108 Å². The van der Waals surface area contributed by atoms with Gasteiger partial charge in [-0.2, -0.15) is 0 Å². The molecule has 1 saturated carbocycles. The maximum Gasteiger partial charge on any atom is 0.146 e. The van der Waals surface area contributed by atoms with Gasteiger partial charge in [0.2, 0.25) is 0 Å². The fourth-order valence-electron chi connectivity index (χ4n) is 3.89. The minimum atomic E-state index is -0.712. The van der Waals surface area contributed by atoms with Gasteiger partial charge in [-0.15, -0.1) is 0 Å². The maximum atomic E-state index is 11.2.